The Morgan fingerprint density at radius 1 is 0.833 bits per heavy atom. The van der Waals surface area contributed by atoms with Crippen LogP contribution in [0.25, 0.3) is 0 Å². The summed E-state index contributed by atoms with van der Waals surface area (Å²) in [5.41, 5.74) is 0. The fourth-order valence-corrected chi connectivity index (χ4v) is 2.15. The van der Waals surface area contributed by atoms with E-state index < -0.39 is 0 Å². The lowest BCUT2D eigenvalue weighted by Crippen LogP contribution is -2.34. The first-order chi connectivity index (χ1) is 8.85. The van der Waals surface area contributed by atoms with E-state index in [2.05, 4.69) is 26.1 Å². The Bertz CT molecular complexity index is 150. The van der Waals surface area contributed by atoms with Crippen LogP contribution in [0.4, 0.5) is 0 Å². The van der Waals surface area contributed by atoms with Crippen molar-refractivity contribution < 1.29 is 4.74 Å². The topological polar surface area (TPSA) is 21.3 Å². The van der Waals surface area contributed by atoms with Crippen LogP contribution in [0.3, 0.4) is 0 Å². The first-order valence-electron chi connectivity index (χ1n) is 8.16. The average molecular weight is 257 g/mol. The average Bonchev–Trinajstić information content (AvgIpc) is 2.39. The standard InChI is InChI=1S/C16H35NO/c1-4-7-8-9-10-11-14-18-15-16(12-5-2)17-13-6-3/h16-17H,4-15H2,1-3H3. The number of unbranched alkanes of at least 4 members (excludes halogenated alkanes) is 5. The second-order valence-corrected chi connectivity index (χ2v) is 5.28. The predicted octanol–water partition coefficient (Wildman–Crippen LogP) is 4.53. The summed E-state index contributed by atoms with van der Waals surface area (Å²) in [5, 5.41) is 3.56. The van der Waals surface area contributed by atoms with Gasteiger partial charge in [0, 0.05) is 12.6 Å². The number of rotatable bonds is 14. The number of hydrogen-bond donors (Lipinski definition) is 1. The largest absolute Gasteiger partial charge is 0.380 e. The number of ether oxygens (including phenoxy) is 1. The van der Waals surface area contributed by atoms with Crippen LogP contribution in [0.2, 0.25) is 0 Å². The zero-order chi connectivity index (χ0) is 13.5. The van der Waals surface area contributed by atoms with Crippen molar-refractivity contribution >= 4 is 0 Å². The van der Waals surface area contributed by atoms with E-state index in [0.717, 1.165) is 19.8 Å². The fraction of sp³-hybridized carbons (Fsp3) is 1.00. The lowest BCUT2D eigenvalue weighted by Gasteiger charge is -2.17. The SMILES string of the molecule is CCCCCCCCOCC(CCC)NCCC. The van der Waals surface area contributed by atoms with Gasteiger partial charge in [0.2, 0.25) is 0 Å². The van der Waals surface area contributed by atoms with E-state index in [4.69, 9.17) is 4.74 Å². The molecule has 0 spiro atoms. The molecule has 18 heavy (non-hydrogen) atoms. The molecule has 1 atom stereocenters. The zero-order valence-electron chi connectivity index (χ0n) is 13.0. The minimum absolute atomic E-state index is 0.565. The fourth-order valence-electron chi connectivity index (χ4n) is 2.15. The first-order valence-corrected chi connectivity index (χ1v) is 8.16. The summed E-state index contributed by atoms with van der Waals surface area (Å²) in [4.78, 5) is 0. The van der Waals surface area contributed by atoms with E-state index in [1.165, 1.54) is 57.8 Å². The van der Waals surface area contributed by atoms with Crippen molar-refractivity contribution in [1.29, 1.82) is 0 Å². The number of nitrogens with one attached hydrogen (secondary N) is 1. The molecule has 1 N–H and O–H groups in total. The van der Waals surface area contributed by atoms with E-state index in [-0.39, 0.29) is 0 Å². The third kappa shape index (κ3) is 12.4. The molecule has 0 aromatic rings. The van der Waals surface area contributed by atoms with E-state index in [0.29, 0.717) is 6.04 Å². The van der Waals surface area contributed by atoms with Crippen LogP contribution in [0.15, 0.2) is 0 Å². The molecule has 1 unspecified atom stereocenters. The van der Waals surface area contributed by atoms with Gasteiger partial charge in [-0.05, 0) is 25.8 Å². The Hall–Kier alpha value is -0.0800. The van der Waals surface area contributed by atoms with Crippen LogP contribution < -0.4 is 5.32 Å². The molecular weight excluding hydrogens is 222 g/mol. The van der Waals surface area contributed by atoms with E-state index in [1.54, 1.807) is 0 Å². The third-order valence-electron chi connectivity index (χ3n) is 3.28. The molecule has 2 nitrogen and oxygen atoms in total. The Balaban J connectivity index is 3.31. The van der Waals surface area contributed by atoms with Crippen LogP contribution in [0.5, 0.6) is 0 Å². The van der Waals surface area contributed by atoms with Gasteiger partial charge in [-0.1, -0.05) is 59.3 Å². The highest BCUT2D eigenvalue weighted by Crippen LogP contribution is 2.05. The normalized spacial score (nSPS) is 12.8. The zero-order valence-corrected chi connectivity index (χ0v) is 13.0. The van der Waals surface area contributed by atoms with Crippen molar-refractivity contribution in [3.05, 3.63) is 0 Å². The molecule has 0 amide bonds. The molecule has 110 valence electrons. The molecule has 0 aliphatic rings. The summed E-state index contributed by atoms with van der Waals surface area (Å²) in [7, 11) is 0. The van der Waals surface area contributed by atoms with Crippen LogP contribution >= 0.6 is 0 Å². The second-order valence-electron chi connectivity index (χ2n) is 5.28. The van der Waals surface area contributed by atoms with Crippen LogP contribution in [0.1, 0.15) is 78.6 Å². The molecule has 2 heteroatoms. The van der Waals surface area contributed by atoms with Gasteiger partial charge in [-0.15, -0.1) is 0 Å². The minimum atomic E-state index is 0.565. The summed E-state index contributed by atoms with van der Waals surface area (Å²) in [6.45, 7) is 9.68. The molecule has 0 aliphatic carbocycles. The van der Waals surface area contributed by atoms with Gasteiger partial charge < -0.3 is 10.1 Å². The molecule has 0 aromatic carbocycles. The Labute approximate surface area is 115 Å². The molecule has 0 aliphatic heterocycles. The van der Waals surface area contributed by atoms with Gasteiger partial charge in [0.1, 0.15) is 0 Å². The lowest BCUT2D eigenvalue weighted by molar-refractivity contribution is 0.105. The lowest BCUT2D eigenvalue weighted by atomic mass is 10.1. The monoisotopic (exact) mass is 257 g/mol. The van der Waals surface area contributed by atoms with Gasteiger partial charge in [-0.25, -0.2) is 0 Å². The Morgan fingerprint density at radius 3 is 2.22 bits per heavy atom. The summed E-state index contributed by atoms with van der Waals surface area (Å²) in [6, 6.07) is 0.565. The maximum absolute atomic E-state index is 5.79. The van der Waals surface area contributed by atoms with Gasteiger partial charge in [-0.2, -0.15) is 0 Å². The summed E-state index contributed by atoms with van der Waals surface area (Å²) in [5.74, 6) is 0. The van der Waals surface area contributed by atoms with Gasteiger partial charge in [0.25, 0.3) is 0 Å². The highest BCUT2D eigenvalue weighted by Gasteiger charge is 2.05. The molecule has 0 heterocycles. The van der Waals surface area contributed by atoms with Crippen molar-refractivity contribution in [2.24, 2.45) is 0 Å². The molecule has 0 fully saturated rings. The van der Waals surface area contributed by atoms with Crippen LogP contribution in [0, 0.1) is 0 Å². The van der Waals surface area contributed by atoms with Crippen LogP contribution in [-0.4, -0.2) is 25.8 Å². The van der Waals surface area contributed by atoms with E-state index in [9.17, 15) is 0 Å². The van der Waals surface area contributed by atoms with Crippen molar-refractivity contribution in [3.8, 4) is 0 Å². The number of hydrogen-bond acceptors (Lipinski definition) is 2. The molecule has 0 saturated carbocycles. The van der Waals surface area contributed by atoms with Gasteiger partial charge in [-0.3, -0.25) is 0 Å². The van der Waals surface area contributed by atoms with Gasteiger partial charge >= 0.3 is 0 Å². The maximum atomic E-state index is 5.79. The van der Waals surface area contributed by atoms with Crippen molar-refractivity contribution in [2.45, 2.75) is 84.6 Å². The third-order valence-corrected chi connectivity index (χ3v) is 3.28. The molecule has 0 saturated heterocycles. The first kappa shape index (κ1) is 17.9. The van der Waals surface area contributed by atoms with Crippen molar-refractivity contribution in [2.75, 3.05) is 19.8 Å². The Kier molecular flexibility index (Phi) is 14.9. The highest BCUT2D eigenvalue weighted by atomic mass is 16.5. The minimum Gasteiger partial charge on any atom is -0.380 e. The Morgan fingerprint density at radius 2 is 1.56 bits per heavy atom. The summed E-state index contributed by atoms with van der Waals surface area (Å²) >= 11 is 0. The van der Waals surface area contributed by atoms with E-state index in [1.807, 2.05) is 0 Å². The predicted molar refractivity (Wildman–Crippen MR) is 81.2 cm³/mol. The van der Waals surface area contributed by atoms with Crippen LogP contribution in [-0.2, 0) is 4.74 Å². The van der Waals surface area contributed by atoms with Gasteiger partial charge in [0.05, 0.1) is 6.61 Å². The highest BCUT2D eigenvalue weighted by molar-refractivity contribution is 4.64. The quantitative estimate of drug-likeness (QED) is 0.462. The summed E-state index contributed by atoms with van der Waals surface area (Å²) < 4.78 is 5.79. The molecular formula is C16H35NO. The van der Waals surface area contributed by atoms with Crippen molar-refractivity contribution in [1.82, 2.24) is 5.32 Å². The molecule has 0 radical (unpaired) electrons. The molecule has 0 rings (SSSR count). The van der Waals surface area contributed by atoms with Gasteiger partial charge in [0.15, 0.2) is 0 Å². The second kappa shape index (κ2) is 15.0. The smallest absolute Gasteiger partial charge is 0.0619 e. The molecule has 0 aromatic heterocycles. The maximum Gasteiger partial charge on any atom is 0.0619 e. The van der Waals surface area contributed by atoms with E-state index >= 15 is 0 Å². The van der Waals surface area contributed by atoms with Crippen molar-refractivity contribution in [3.63, 3.8) is 0 Å². The molecule has 0 bridgehead atoms. The summed E-state index contributed by atoms with van der Waals surface area (Å²) in [6.07, 6.45) is 11.7.